The molecule has 1 amide bonds. The number of rotatable bonds is 6. The fraction of sp³-hybridized carbons (Fsp3) is 0.833. The summed E-state index contributed by atoms with van der Waals surface area (Å²) < 4.78 is 0. The second-order valence-corrected chi connectivity index (χ2v) is 4.87. The molecular weight excluding hydrogens is 220 g/mol. The summed E-state index contributed by atoms with van der Waals surface area (Å²) in [5.41, 5.74) is 0. The highest BCUT2D eigenvalue weighted by Crippen LogP contribution is 2.32. The van der Waals surface area contributed by atoms with Gasteiger partial charge in [-0.3, -0.25) is 14.5 Å². The summed E-state index contributed by atoms with van der Waals surface area (Å²) in [5.74, 6) is -1.08. The zero-order valence-electron chi connectivity index (χ0n) is 10.8. The lowest BCUT2D eigenvalue weighted by molar-refractivity contribution is -0.149. The van der Waals surface area contributed by atoms with E-state index < -0.39 is 5.97 Å². The molecule has 0 radical (unpaired) electrons. The highest BCUT2D eigenvalue weighted by Gasteiger charge is 2.40. The quantitative estimate of drug-likeness (QED) is 0.719. The number of nitrogens with one attached hydrogen (secondary N) is 1. The molecule has 1 aliphatic rings. The van der Waals surface area contributed by atoms with Gasteiger partial charge in [0, 0.05) is 12.1 Å². The lowest BCUT2D eigenvalue weighted by Crippen LogP contribution is -2.53. The third-order valence-electron chi connectivity index (χ3n) is 3.23. The largest absolute Gasteiger partial charge is 0.481 e. The van der Waals surface area contributed by atoms with Gasteiger partial charge in [0.15, 0.2) is 0 Å². The Hall–Kier alpha value is -1.10. The van der Waals surface area contributed by atoms with E-state index >= 15 is 0 Å². The van der Waals surface area contributed by atoms with Crippen LogP contribution in [0.1, 0.15) is 33.6 Å². The summed E-state index contributed by atoms with van der Waals surface area (Å²) in [5, 5.41) is 11.8. The van der Waals surface area contributed by atoms with Crippen LogP contribution in [0.2, 0.25) is 0 Å². The SMILES string of the molecule is CCN(CC(=O)NC(C)C)C1CCC1C(=O)O. The standard InChI is InChI=1S/C12H22N2O3/c1-4-14(7-11(15)13-8(2)3)10-6-5-9(10)12(16)17/h8-10H,4-7H2,1-3H3,(H,13,15)(H,16,17). The van der Waals surface area contributed by atoms with Crippen molar-refractivity contribution in [3.05, 3.63) is 0 Å². The molecule has 2 N–H and O–H groups in total. The smallest absolute Gasteiger partial charge is 0.308 e. The molecule has 0 spiro atoms. The summed E-state index contributed by atoms with van der Waals surface area (Å²) >= 11 is 0. The van der Waals surface area contributed by atoms with Crippen molar-refractivity contribution in [1.29, 1.82) is 0 Å². The van der Waals surface area contributed by atoms with E-state index in [0.29, 0.717) is 13.1 Å². The van der Waals surface area contributed by atoms with Crippen molar-refractivity contribution in [3.8, 4) is 0 Å². The zero-order chi connectivity index (χ0) is 13.0. The molecular formula is C12H22N2O3. The van der Waals surface area contributed by atoms with Crippen LogP contribution in [-0.2, 0) is 9.59 Å². The summed E-state index contributed by atoms with van der Waals surface area (Å²) in [6, 6.07) is 0.147. The van der Waals surface area contributed by atoms with E-state index in [1.807, 2.05) is 25.7 Å². The van der Waals surface area contributed by atoms with Crippen molar-refractivity contribution < 1.29 is 14.7 Å². The van der Waals surface area contributed by atoms with Gasteiger partial charge in [0.25, 0.3) is 0 Å². The minimum Gasteiger partial charge on any atom is -0.481 e. The van der Waals surface area contributed by atoms with E-state index in [9.17, 15) is 9.59 Å². The monoisotopic (exact) mass is 242 g/mol. The first-order chi connectivity index (χ1) is 7.95. The number of hydrogen-bond donors (Lipinski definition) is 2. The van der Waals surface area contributed by atoms with Crippen LogP contribution in [0.4, 0.5) is 0 Å². The molecule has 0 bridgehead atoms. The first-order valence-electron chi connectivity index (χ1n) is 6.22. The maximum atomic E-state index is 11.6. The van der Waals surface area contributed by atoms with E-state index in [1.165, 1.54) is 0 Å². The van der Waals surface area contributed by atoms with E-state index in [0.717, 1.165) is 12.8 Å². The van der Waals surface area contributed by atoms with Crippen LogP contribution in [0.3, 0.4) is 0 Å². The van der Waals surface area contributed by atoms with Gasteiger partial charge >= 0.3 is 5.97 Å². The molecule has 0 aromatic heterocycles. The molecule has 1 aliphatic carbocycles. The Kier molecular flexibility index (Phi) is 4.93. The number of likely N-dealkylation sites (N-methyl/N-ethyl adjacent to an activating group) is 1. The molecule has 0 saturated heterocycles. The van der Waals surface area contributed by atoms with Crippen LogP contribution in [0.15, 0.2) is 0 Å². The third-order valence-corrected chi connectivity index (χ3v) is 3.23. The second-order valence-electron chi connectivity index (χ2n) is 4.87. The molecule has 1 rings (SSSR count). The number of hydrogen-bond acceptors (Lipinski definition) is 3. The third kappa shape index (κ3) is 3.70. The maximum Gasteiger partial charge on any atom is 0.308 e. The molecule has 5 nitrogen and oxygen atoms in total. The first kappa shape index (κ1) is 14.0. The molecule has 1 fully saturated rings. The van der Waals surface area contributed by atoms with Gasteiger partial charge in [-0.15, -0.1) is 0 Å². The van der Waals surface area contributed by atoms with Crippen LogP contribution in [0.25, 0.3) is 0 Å². The van der Waals surface area contributed by atoms with Gasteiger partial charge in [-0.1, -0.05) is 6.92 Å². The highest BCUT2D eigenvalue weighted by molar-refractivity contribution is 5.78. The Morgan fingerprint density at radius 3 is 2.41 bits per heavy atom. The Labute approximate surface area is 102 Å². The number of carboxylic acid groups (broad SMARTS) is 1. The average Bonchev–Trinajstić information content (AvgIpc) is 2.12. The minimum atomic E-state index is -0.746. The lowest BCUT2D eigenvalue weighted by Gasteiger charge is -2.41. The maximum absolute atomic E-state index is 11.6. The highest BCUT2D eigenvalue weighted by atomic mass is 16.4. The minimum absolute atomic E-state index is 0.0235. The number of carbonyl (C=O) groups excluding carboxylic acids is 1. The van der Waals surface area contributed by atoms with E-state index in [4.69, 9.17) is 5.11 Å². The van der Waals surface area contributed by atoms with Crippen molar-refractivity contribution in [1.82, 2.24) is 10.2 Å². The normalized spacial score (nSPS) is 23.6. The van der Waals surface area contributed by atoms with Gasteiger partial charge in [0.2, 0.25) is 5.91 Å². The Bertz CT molecular complexity index is 291. The lowest BCUT2D eigenvalue weighted by atomic mass is 9.78. The van der Waals surface area contributed by atoms with Crippen LogP contribution in [0, 0.1) is 5.92 Å². The van der Waals surface area contributed by atoms with E-state index in [1.54, 1.807) is 0 Å². The van der Waals surface area contributed by atoms with Crippen LogP contribution >= 0.6 is 0 Å². The fourth-order valence-electron chi connectivity index (χ4n) is 2.22. The molecule has 5 heteroatoms. The van der Waals surface area contributed by atoms with Crippen LogP contribution < -0.4 is 5.32 Å². The first-order valence-corrected chi connectivity index (χ1v) is 6.22. The molecule has 98 valence electrons. The summed E-state index contributed by atoms with van der Waals surface area (Å²) in [6.45, 7) is 6.79. The van der Waals surface area contributed by atoms with Gasteiger partial charge in [-0.2, -0.15) is 0 Å². The van der Waals surface area contributed by atoms with Crippen molar-refractivity contribution in [2.24, 2.45) is 5.92 Å². The van der Waals surface area contributed by atoms with E-state index in [-0.39, 0.29) is 23.9 Å². The van der Waals surface area contributed by atoms with Crippen molar-refractivity contribution in [2.45, 2.75) is 45.7 Å². The van der Waals surface area contributed by atoms with Gasteiger partial charge < -0.3 is 10.4 Å². The van der Waals surface area contributed by atoms with Crippen molar-refractivity contribution >= 4 is 11.9 Å². The number of carbonyl (C=O) groups is 2. The van der Waals surface area contributed by atoms with Gasteiger partial charge in [-0.05, 0) is 33.2 Å². The van der Waals surface area contributed by atoms with Gasteiger partial charge in [0.1, 0.15) is 0 Å². The fourth-order valence-corrected chi connectivity index (χ4v) is 2.22. The van der Waals surface area contributed by atoms with Crippen LogP contribution in [0.5, 0.6) is 0 Å². The average molecular weight is 242 g/mol. The number of amides is 1. The van der Waals surface area contributed by atoms with Gasteiger partial charge in [0.05, 0.1) is 12.5 Å². The summed E-state index contributed by atoms with van der Waals surface area (Å²) in [4.78, 5) is 24.6. The number of aliphatic carboxylic acids is 1. The molecule has 0 aliphatic heterocycles. The molecule has 1 saturated carbocycles. The number of carboxylic acids is 1. The summed E-state index contributed by atoms with van der Waals surface area (Å²) in [7, 11) is 0. The zero-order valence-corrected chi connectivity index (χ0v) is 10.8. The molecule has 2 unspecified atom stereocenters. The predicted molar refractivity (Wildman–Crippen MR) is 64.7 cm³/mol. The van der Waals surface area contributed by atoms with E-state index in [2.05, 4.69) is 5.32 Å². The molecule has 17 heavy (non-hydrogen) atoms. The molecule has 0 aromatic carbocycles. The van der Waals surface area contributed by atoms with Gasteiger partial charge in [-0.25, -0.2) is 0 Å². The topological polar surface area (TPSA) is 69.6 Å². The van der Waals surface area contributed by atoms with Crippen LogP contribution in [-0.4, -0.2) is 47.1 Å². The van der Waals surface area contributed by atoms with Crippen molar-refractivity contribution in [2.75, 3.05) is 13.1 Å². The number of nitrogens with zero attached hydrogens (tertiary/aromatic N) is 1. The summed E-state index contributed by atoms with van der Waals surface area (Å²) in [6.07, 6.45) is 1.60. The second kappa shape index (κ2) is 6.00. The Morgan fingerprint density at radius 1 is 1.41 bits per heavy atom. The molecule has 0 heterocycles. The van der Waals surface area contributed by atoms with Crippen molar-refractivity contribution in [3.63, 3.8) is 0 Å². The Morgan fingerprint density at radius 2 is 2.06 bits per heavy atom. The Balaban J connectivity index is 2.48. The predicted octanol–water partition coefficient (Wildman–Crippen LogP) is 0.696. The molecule has 0 aromatic rings. The molecule has 2 atom stereocenters.